The molecule has 1 atom stereocenters. The largest absolute Gasteiger partial charge is 0.475 e. The molecule has 1 unspecified atom stereocenters. The van der Waals surface area contributed by atoms with Crippen LogP contribution in [0.3, 0.4) is 0 Å². The fraction of sp³-hybridized carbons (Fsp3) is 0.400. The van der Waals surface area contributed by atoms with E-state index in [9.17, 15) is 9.59 Å². The van der Waals surface area contributed by atoms with Gasteiger partial charge in [-0.05, 0) is 75.1 Å². The van der Waals surface area contributed by atoms with Gasteiger partial charge in [-0.3, -0.25) is 24.3 Å². The lowest BCUT2D eigenvalue weighted by Gasteiger charge is -2.29. The predicted molar refractivity (Wildman–Crippen MR) is 202 cm³/mol. The second-order valence-electron chi connectivity index (χ2n) is 14.5. The monoisotopic (exact) mass is 715 g/mol. The van der Waals surface area contributed by atoms with E-state index in [4.69, 9.17) is 9.47 Å². The number of carbonyl (C=O) groups is 2. The van der Waals surface area contributed by atoms with E-state index < -0.39 is 5.41 Å². The molecule has 6 heterocycles. The van der Waals surface area contributed by atoms with Crippen molar-refractivity contribution in [2.24, 2.45) is 5.41 Å². The van der Waals surface area contributed by atoms with Crippen LogP contribution in [0.4, 0.5) is 5.69 Å². The summed E-state index contributed by atoms with van der Waals surface area (Å²) in [5.74, 6) is 1.51. The molecule has 5 aromatic rings. The molecule has 13 nitrogen and oxygen atoms in total. The number of methoxy groups -OCH3 is 1. The number of hydrogen-bond donors (Lipinski definition) is 1. The van der Waals surface area contributed by atoms with Gasteiger partial charge in [-0.25, -0.2) is 9.97 Å². The van der Waals surface area contributed by atoms with Crippen molar-refractivity contribution in [2.75, 3.05) is 57.9 Å². The second kappa shape index (κ2) is 14.6. The Hall–Kier alpha value is -5.40. The average molecular weight is 716 g/mol. The van der Waals surface area contributed by atoms with Gasteiger partial charge in [0.05, 0.1) is 36.7 Å². The SMILES string of the molecule is COCCn1cnc(-c2ccc(C3=CCN(C(=O)CN4CCC5(CCN(c6ccc7[nH]nc(-c8ccc(OC(C)C)nc8)c7c6)C5=O)C4)CC3)cc2)n1. The Morgan fingerprint density at radius 2 is 1.79 bits per heavy atom. The summed E-state index contributed by atoms with van der Waals surface area (Å²) in [5, 5.41) is 13.2. The molecule has 3 aromatic heterocycles. The van der Waals surface area contributed by atoms with Crippen molar-refractivity contribution >= 4 is 34.0 Å². The number of amides is 2. The molecule has 274 valence electrons. The number of anilines is 1. The zero-order valence-electron chi connectivity index (χ0n) is 30.5. The van der Waals surface area contributed by atoms with Gasteiger partial charge in [0, 0.05) is 67.8 Å². The third-order valence-corrected chi connectivity index (χ3v) is 10.7. The van der Waals surface area contributed by atoms with Gasteiger partial charge in [-0.15, -0.1) is 0 Å². The van der Waals surface area contributed by atoms with E-state index in [2.05, 4.69) is 48.4 Å². The number of nitrogens with zero attached hydrogens (tertiary/aromatic N) is 8. The first-order chi connectivity index (χ1) is 25.8. The number of ether oxygens (including phenoxy) is 2. The predicted octanol–water partition coefficient (Wildman–Crippen LogP) is 5.06. The summed E-state index contributed by atoms with van der Waals surface area (Å²) in [6.45, 7) is 8.76. The number of H-pyrrole nitrogens is 1. The maximum Gasteiger partial charge on any atom is 0.237 e. The molecule has 2 aromatic carbocycles. The maximum atomic E-state index is 14.1. The average Bonchev–Trinajstić information content (AvgIpc) is 3.98. The van der Waals surface area contributed by atoms with E-state index in [1.165, 1.54) is 5.57 Å². The first kappa shape index (κ1) is 34.7. The van der Waals surface area contributed by atoms with Crippen LogP contribution in [0.15, 0.2) is 73.2 Å². The van der Waals surface area contributed by atoms with Crippen LogP contribution >= 0.6 is 0 Å². The molecule has 3 aliphatic rings. The van der Waals surface area contributed by atoms with E-state index in [1.807, 2.05) is 66.1 Å². The maximum absolute atomic E-state index is 14.1. The fourth-order valence-corrected chi connectivity index (χ4v) is 7.76. The van der Waals surface area contributed by atoms with Crippen molar-refractivity contribution in [3.8, 4) is 28.5 Å². The van der Waals surface area contributed by atoms with Crippen molar-refractivity contribution in [3.05, 3.63) is 78.8 Å². The van der Waals surface area contributed by atoms with E-state index in [-0.39, 0.29) is 17.9 Å². The normalized spacial score (nSPS) is 19.2. The van der Waals surface area contributed by atoms with Gasteiger partial charge in [0.25, 0.3) is 0 Å². The minimum absolute atomic E-state index is 0.0429. The van der Waals surface area contributed by atoms with Gasteiger partial charge >= 0.3 is 0 Å². The van der Waals surface area contributed by atoms with E-state index >= 15 is 0 Å². The highest BCUT2D eigenvalue weighted by atomic mass is 16.5. The van der Waals surface area contributed by atoms with Gasteiger partial charge in [0.15, 0.2) is 5.82 Å². The molecule has 2 saturated heterocycles. The number of pyridine rings is 1. The molecular formula is C40H45N9O4. The Morgan fingerprint density at radius 1 is 0.981 bits per heavy atom. The van der Waals surface area contributed by atoms with Crippen molar-refractivity contribution < 1.29 is 19.1 Å². The molecule has 53 heavy (non-hydrogen) atoms. The highest BCUT2D eigenvalue weighted by molar-refractivity contribution is 6.03. The van der Waals surface area contributed by atoms with Crippen molar-refractivity contribution in [1.29, 1.82) is 0 Å². The Balaban J connectivity index is 0.868. The molecule has 0 radical (unpaired) electrons. The number of nitrogens with one attached hydrogen (secondary N) is 1. The lowest BCUT2D eigenvalue weighted by molar-refractivity contribution is -0.132. The molecule has 0 bridgehead atoms. The summed E-state index contributed by atoms with van der Waals surface area (Å²) in [5.41, 5.74) is 6.29. The summed E-state index contributed by atoms with van der Waals surface area (Å²) in [4.78, 5) is 42.4. The number of aromatic amines is 1. The number of hydrogen-bond acceptors (Lipinski definition) is 9. The molecular weight excluding hydrogens is 670 g/mol. The number of carbonyl (C=O) groups excluding carboxylic acids is 2. The number of aromatic nitrogens is 6. The van der Waals surface area contributed by atoms with E-state index in [1.54, 1.807) is 24.3 Å². The van der Waals surface area contributed by atoms with Crippen LogP contribution in [0.5, 0.6) is 5.88 Å². The smallest absolute Gasteiger partial charge is 0.237 e. The molecule has 0 saturated carbocycles. The highest BCUT2D eigenvalue weighted by Gasteiger charge is 2.51. The molecule has 13 heteroatoms. The molecule has 0 aliphatic carbocycles. The Kier molecular flexibility index (Phi) is 9.52. The summed E-state index contributed by atoms with van der Waals surface area (Å²) < 4.78 is 12.6. The lowest BCUT2D eigenvalue weighted by Crippen LogP contribution is -2.43. The van der Waals surface area contributed by atoms with Crippen LogP contribution in [-0.4, -0.2) is 111 Å². The fourth-order valence-electron chi connectivity index (χ4n) is 7.76. The molecule has 8 rings (SSSR count). The van der Waals surface area contributed by atoms with Gasteiger partial charge in [0.2, 0.25) is 17.7 Å². The van der Waals surface area contributed by atoms with Crippen LogP contribution in [0.1, 0.15) is 38.7 Å². The van der Waals surface area contributed by atoms with Gasteiger partial charge in [0.1, 0.15) is 12.0 Å². The van der Waals surface area contributed by atoms with Crippen LogP contribution < -0.4 is 9.64 Å². The number of benzene rings is 2. The number of likely N-dealkylation sites (tertiary alicyclic amines) is 1. The first-order valence-corrected chi connectivity index (χ1v) is 18.4. The summed E-state index contributed by atoms with van der Waals surface area (Å²) in [6, 6.07) is 18.1. The topological polar surface area (TPSA) is 135 Å². The highest BCUT2D eigenvalue weighted by Crippen LogP contribution is 2.43. The third kappa shape index (κ3) is 7.06. The first-order valence-electron chi connectivity index (χ1n) is 18.4. The zero-order valence-corrected chi connectivity index (χ0v) is 30.5. The third-order valence-electron chi connectivity index (χ3n) is 10.7. The Labute approximate surface area is 308 Å². The van der Waals surface area contributed by atoms with E-state index in [0.717, 1.165) is 64.8 Å². The van der Waals surface area contributed by atoms with Crippen molar-refractivity contribution in [3.63, 3.8) is 0 Å². The van der Waals surface area contributed by atoms with Gasteiger partial charge < -0.3 is 19.3 Å². The Morgan fingerprint density at radius 3 is 2.55 bits per heavy atom. The quantitative estimate of drug-likeness (QED) is 0.199. The van der Waals surface area contributed by atoms with Crippen LogP contribution in [0.25, 0.3) is 39.1 Å². The molecule has 1 spiro atoms. The summed E-state index contributed by atoms with van der Waals surface area (Å²) in [6.07, 6.45) is 8.02. The molecule has 2 amide bonds. The van der Waals surface area contributed by atoms with Crippen LogP contribution in [-0.2, 0) is 20.9 Å². The summed E-state index contributed by atoms with van der Waals surface area (Å²) >= 11 is 0. The molecule has 2 fully saturated rings. The van der Waals surface area contributed by atoms with Gasteiger partial charge in [-0.1, -0.05) is 30.3 Å². The van der Waals surface area contributed by atoms with Crippen LogP contribution in [0, 0.1) is 5.41 Å². The molecule has 3 aliphatic heterocycles. The second-order valence-corrected chi connectivity index (χ2v) is 14.5. The van der Waals surface area contributed by atoms with Crippen molar-refractivity contribution in [2.45, 2.75) is 45.8 Å². The van der Waals surface area contributed by atoms with Crippen molar-refractivity contribution in [1.82, 2.24) is 39.7 Å². The minimum atomic E-state index is -0.469. The van der Waals surface area contributed by atoms with E-state index in [0.29, 0.717) is 57.6 Å². The number of fused-ring (bicyclic) bond motifs is 1. The lowest BCUT2D eigenvalue weighted by atomic mass is 9.85. The van der Waals surface area contributed by atoms with Gasteiger partial charge in [-0.2, -0.15) is 10.2 Å². The number of rotatable bonds is 11. The molecule has 1 N–H and O–H groups in total. The summed E-state index contributed by atoms with van der Waals surface area (Å²) in [7, 11) is 1.67. The van der Waals surface area contributed by atoms with Crippen LogP contribution in [0.2, 0.25) is 0 Å². The standard InChI is InChI=1S/C40H45N9O4/c1-27(2)53-35-11-8-31(23-41-35)37-33-22-32(9-10-34(33)43-44-37)49-19-15-40(39(49)51)14-18-46(25-40)24-36(50)47-16-12-29(13-17-47)28-4-6-30(7-5-28)38-42-26-48(45-38)20-21-52-3/h4-12,22-23,26-27H,13-21,24-25H2,1-3H3,(H,43,44). The Bertz CT molecular complexity index is 2140. The minimum Gasteiger partial charge on any atom is -0.475 e. The zero-order chi connectivity index (χ0) is 36.5.